The van der Waals surface area contributed by atoms with Gasteiger partial charge < -0.3 is 9.80 Å². The predicted octanol–water partition coefficient (Wildman–Crippen LogP) is 4.00. The average Bonchev–Trinajstić information content (AvgIpc) is 2.73. The second kappa shape index (κ2) is 7.89. The average molecular weight is 434 g/mol. The third kappa shape index (κ3) is 3.82. The molecule has 2 heterocycles. The Morgan fingerprint density at radius 1 is 1.07 bits per heavy atom. The fourth-order valence-corrected chi connectivity index (χ4v) is 5.29. The Morgan fingerprint density at radius 2 is 1.76 bits per heavy atom. The van der Waals surface area contributed by atoms with Crippen LogP contribution >= 0.6 is 11.6 Å². The number of fused-ring (bicyclic) bond motifs is 1. The Hall–Kier alpha value is -2.22. The topological polar surface area (TPSA) is 53.5 Å². The van der Waals surface area contributed by atoms with Crippen LogP contribution in [-0.2, 0) is 9.84 Å². The molecule has 1 fully saturated rings. The van der Waals surface area contributed by atoms with E-state index in [1.54, 1.807) is 18.2 Å². The molecule has 0 N–H and O–H groups in total. The summed E-state index contributed by atoms with van der Waals surface area (Å²) in [6.45, 7) is 6.16. The van der Waals surface area contributed by atoms with E-state index in [0.717, 1.165) is 31.8 Å². The lowest BCUT2D eigenvalue weighted by Gasteiger charge is -2.36. The minimum atomic E-state index is -3.89. The molecule has 1 aliphatic heterocycles. The molecule has 0 spiro atoms. The van der Waals surface area contributed by atoms with Crippen molar-refractivity contribution in [3.8, 4) is 0 Å². The number of pyridine rings is 1. The number of aromatic nitrogens is 1. The van der Waals surface area contributed by atoms with Gasteiger partial charge in [0.05, 0.1) is 16.1 Å². The van der Waals surface area contributed by atoms with Crippen LogP contribution in [0.3, 0.4) is 0 Å². The molecule has 8 heteroatoms. The van der Waals surface area contributed by atoms with E-state index >= 15 is 0 Å². The lowest BCUT2D eigenvalue weighted by molar-refractivity contribution is 0.271. The van der Waals surface area contributed by atoms with Gasteiger partial charge in [-0.05, 0) is 49.0 Å². The number of piperazine rings is 1. The highest BCUT2D eigenvalue weighted by atomic mass is 35.5. The van der Waals surface area contributed by atoms with Crippen molar-refractivity contribution >= 4 is 38.0 Å². The van der Waals surface area contributed by atoms with Crippen molar-refractivity contribution < 1.29 is 12.8 Å². The van der Waals surface area contributed by atoms with Crippen LogP contribution in [0.4, 0.5) is 10.1 Å². The van der Waals surface area contributed by atoms with Gasteiger partial charge in [0.2, 0.25) is 9.84 Å². The number of halogens is 2. The summed E-state index contributed by atoms with van der Waals surface area (Å²) in [6.07, 6.45) is 1.40. The van der Waals surface area contributed by atoms with Crippen LogP contribution < -0.4 is 4.90 Å². The van der Waals surface area contributed by atoms with E-state index in [1.165, 1.54) is 18.3 Å². The molecule has 0 radical (unpaired) electrons. The van der Waals surface area contributed by atoms with E-state index in [0.29, 0.717) is 34.7 Å². The smallest absolute Gasteiger partial charge is 0.210 e. The molecule has 29 heavy (non-hydrogen) atoms. The normalized spacial score (nSPS) is 15.8. The first kappa shape index (κ1) is 20.1. The predicted molar refractivity (Wildman–Crippen MR) is 113 cm³/mol. The van der Waals surface area contributed by atoms with Crippen molar-refractivity contribution in [2.75, 3.05) is 37.6 Å². The van der Waals surface area contributed by atoms with Crippen LogP contribution in [-0.4, -0.2) is 51.0 Å². The Morgan fingerprint density at radius 3 is 2.41 bits per heavy atom. The van der Waals surface area contributed by atoms with Gasteiger partial charge >= 0.3 is 0 Å². The molecule has 1 aromatic heterocycles. The number of nitrogens with zero attached hydrogens (tertiary/aromatic N) is 3. The quantitative estimate of drug-likeness (QED) is 0.582. The van der Waals surface area contributed by atoms with Gasteiger partial charge in [-0.1, -0.05) is 18.5 Å². The molecule has 152 valence electrons. The van der Waals surface area contributed by atoms with Crippen molar-refractivity contribution in [3.63, 3.8) is 0 Å². The molecule has 1 aliphatic rings. The number of hydrogen-bond acceptors (Lipinski definition) is 5. The number of likely N-dealkylation sites (N-methyl/N-ethyl adjacent to an activating group) is 1. The Balaban J connectivity index is 1.91. The third-order valence-corrected chi connectivity index (χ3v) is 7.32. The van der Waals surface area contributed by atoms with Crippen LogP contribution in [0.25, 0.3) is 10.9 Å². The largest absolute Gasteiger partial charge is 0.367 e. The molecular weight excluding hydrogens is 413 g/mol. The number of anilines is 1. The molecule has 0 bridgehead atoms. The Kier molecular flexibility index (Phi) is 5.46. The lowest BCUT2D eigenvalue weighted by Crippen LogP contribution is -2.46. The second-order valence-corrected chi connectivity index (χ2v) is 9.37. The van der Waals surface area contributed by atoms with Gasteiger partial charge in [-0.3, -0.25) is 4.98 Å². The zero-order valence-electron chi connectivity index (χ0n) is 16.0. The maximum atomic E-state index is 13.4. The lowest BCUT2D eigenvalue weighted by atomic mass is 10.1. The summed E-state index contributed by atoms with van der Waals surface area (Å²) in [7, 11) is -3.89. The summed E-state index contributed by atoms with van der Waals surface area (Å²) in [5.41, 5.74) is 1.29. The standard InChI is InChI=1S/C21H21ClFN3O2S/c1-2-25-9-11-26(12-10-25)21-18-13-15(22)3-8-19(18)24-14-20(21)29(27,28)17-6-4-16(23)5-7-17/h3-8,13-14H,2,9-12H2,1H3. The fourth-order valence-electron chi connectivity index (χ4n) is 3.68. The van der Waals surface area contributed by atoms with Crippen molar-refractivity contribution in [3.05, 3.63) is 59.5 Å². The third-order valence-electron chi connectivity index (χ3n) is 5.32. The van der Waals surface area contributed by atoms with Gasteiger partial charge in [-0.25, -0.2) is 12.8 Å². The number of sulfone groups is 1. The maximum absolute atomic E-state index is 13.4. The van der Waals surface area contributed by atoms with E-state index in [4.69, 9.17) is 11.6 Å². The van der Waals surface area contributed by atoms with Gasteiger partial charge in [-0.2, -0.15) is 0 Å². The molecule has 0 aliphatic carbocycles. The molecule has 1 saturated heterocycles. The SMILES string of the molecule is CCN1CCN(c2c(S(=O)(=O)c3ccc(F)cc3)cnc3ccc(Cl)cc23)CC1. The molecule has 0 atom stereocenters. The fraction of sp³-hybridized carbons (Fsp3) is 0.286. The van der Waals surface area contributed by atoms with Gasteiger partial charge in [0.1, 0.15) is 10.7 Å². The molecule has 0 amide bonds. The van der Waals surface area contributed by atoms with Crippen LogP contribution in [0.15, 0.2) is 58.5 Å². The summed E-state index contributed by atoms with van der Waals surface area (Å²) in [4.78, 5) is 8.93. The second-order valence-electron chi connectivity index (χ2n) is 7.01. The van der Waals surface area contributed by atoms with E-state index in [2.05, 4.69) is 21.7 Å². The Labute approximate surface area is 174 Å². The van der Waals surface area contributed by atoms with Crippen molar-refractivity contribution in [1.82, 2.24) is 9.88 Å². The van der Waals surface area contributed by atoms with E-state index < -0.39 is 15.7 Å². The van der Waals surface area contributed by atoms with Crippen molar-refractivity contribution in [2.24, 2.45) is 0 Å². The minimum Gasteiger partial charge on any atom is -0.367 e. The zero-order chi connectivity index (χ0) is 20.6. The minimum absolute atomic E-state index is 0.0375. The summed E-state index contributed by atoms with van der Waals surface area (Å²) >= 11 is 6.23. The van der Waals surface area contributed by atoms with Crippen LogP contribution in [0, 0.1) is 5.82 Å². The molecular formula is C21H21ClFN3O2S. The maximum Gasteiger partial charge on any atom is 0.210 e. The molecule has 2 aromatic carbocycles. The first-order chi connectivity index (χ1) is 13.9. The van der Waals surface area contributed by atoms with Gasteiger partial charge in [0.15, 0.2) is 0 Å². The molecule has 3 aromatic rings. The van der Waals surface area contributed by atoms with E-state index in [1.807, 2.05) is 0 Å². The van der Waals surface area contributed by atoms with Crippen LogP contribution in [0.2, 0.25) is 5.02 Å². The summed E-state index contributed by atoms with van der Waals surface area (Å²) in [6, 6.07) is 10.2. The van der Waals surface area contributed by atoms with Gasteiger partial charge in [0.25, 0.3) is 0 Å². The highest BCUT2D eigenvalue weighted by Crippen LogP contribution is 2.37. The van der Waals surface area contributed by atoms with Crippen molar-refractivity contribution in [1.29, 1.82) is 0 Å². The van der Waals surface area contributed by atoms with Crippen LogP contribution in [0.1, 0.15) is 6.92 Å². The molecule has 0 saturated carbocycles. The summed E-state index contributed by atoms with van der Waals surface area (Å²) in [5, 5.41) is 1.22. The van der Waals surface area contributed by atoms with Crippen LogP contribution in [0.5, 0.6) is 0 Å². The molecule has 0 unspecified atom stereocenters. The zero-order valence-corrected chi connectivity index (χ0v) is 17.5. The summed E-state index contributed by atoms with van der Waals surface area (Å²) in [5.74, 6) is -0.483. The first-order valence-corrected chi connectivity index (χ1v) is 11.3. The highest BCUT2D eigenvalue weighted by molar-refractivity contribution is 7.91. The number of rotatable bonds is 4. The molecule has 5 nitrogen and oxygen atoms in total. The monoisotopic (exact) mass is 433 g/mol. The van der Waals surface area contributed by atoms with Gasteiger partial charge in [0, 0.05) is 42.8 Å². The van der Waals surface area contributed by atoms with E-state index in [9.17, 15) is 12.8 Å². The Bertz CT molecular complexity index is 1140. The van der Waals surface area contributed by atoms with Crippen molar-refractivity contribution in [2.45, 2.75) is 16.7 Å². The summed E-state index contributed by atoms with van der Waals surface area (Å²) < 4.78 is 40.2. The first-order valence-electron chi connectivity index (χ1n) is 9.46. The molecule has 4 rings (SSSR count). The number of hydrogen-bond donors (Lipinski definition) is 0. The van der Waals surface area contributed by atoms with Gasteiger partial charge in [-0.15, -0.1) is 0 Å². The number of benzene rings is 2. The van der Waals surface area contributed by atoms with E-state index in [-0.39, 0.29) is 9.79 Å². The highest BCUT2D eigenvalue weighted by Gasteiger charge is 2.28.